The number of carbonyl (C=O) groups excluding carboxylic acids is 2. The van der Waals surface area contributed by atoms with Gasteiger partial charge in [0.2, 0.25) is 0 Å². The molecule has 1 aliphatic rings. The topological polar surface area (TPSA) is 67.9 Å². The van der Waals surface area contributed by atoms with Crippen LogP contribution in [-0.2, 0) is 4.74 Å². The molecule has 1 fully saturated rings. The number of hydrogen-bond donors (Lipinski definition) is 1. The molecule has 0 aromatic heterocycles. The number of ether oxygens (including phenoxy) is 2. The van der Waals surface area contributed by atoms with Crippen molar-refractivity contribution in [3.05, 3.63) is 59.7 Å². The van der Waals surface area contributed by atoms with Crippen LogP contribution in [0.5, 0.6) is 5.75 Å². The number of rotatable bonds is 5. The predicted octanol–water partition coefficient (Wildman–Crippen LogP) is 3.20. The first-order valence-electron chi connectivity index (χ1n) is 9.08. The molecule has 0 aliphatic carbocycles. The maximum Gasteiger partial charge on any atom is 0.255 e. The van der Waals surface area contributed by atoms with Crippen molar-refractivity contribution in [1.29, 1.82) is 0 Å². The number of amides is 2. The Morgan fingerprint density at radius 2 is 1.70 bits per heavy atom. The van der Waals surface area contributed by atoms with Gasteiger partial charge in [0.25, 0.3) is 11.8 Å². The summed E-state index contributed by atoms with van der Waals surface area (Å²) in [5, 5.41) is 2.85. The lowest BCUT2D eigenvalue weighted by atomic mass is 10.1. The fourth-order valence-corrected chi connectivity index (χ4v) is 2.83. The number of nitrogens with one attached hydrogen (secondary N) is 1. The fourth-order valence-electron chi connectivity index (χ4n) is 2.83. The smallest absolute Gasteiger partial charge is 0.255 e. The third-order valence-electron chi connectivity index (χ3n) is 4.15. The van der Waals surface area contributed by atoms with Crippen molar-refractivity contribution in [2.45, 2.75) is 20.0 Å². The molecule has 6 heteroatoms. The Labute approximate surface area is 159 Å². The van der Waals surface area contributed by atoms with Crippen LogP contribution in [0.4, 0.5) is 5.69 Å². The first-order valence-corrected chi connectivity index (χ1v) is 9.08. The monoisotopic (exact) mass is 368 g/mol. The molecule has 0 radical (unpaired) electrons. The molecule has 142 valence electrons. The molecular formula is C21H24N2O4. The molecule has 0 bridgehead atoms. The third-order valence-corrected chi connectivity index (χ3v) is 4.15. The van der Waals surface area contributed by atoms with E-state index in [9.17, 15) is 9.59 Å². The summed E-state index contributed by atoms with van der Waals surface area (Å²) in [4.78, 5) is 26.9. The number of carbonyl (C=O) groups is 2. The van der Waals surface area contributed by atoms with Gasteiger partial charge in [-0.2, -0.15) is 0 Å². The molecule has 27 heavy (non-hydrogen) atoms. The molecule has 0 spiro atoms. The van der Waals surface area contributed by atoms with Crippen molar-refractivity contribution in [1.82, 2.24) is 4.90 Å². The van der Waals surface area contributed by atoms with Crippen LogP contribution in [-0.4, -0.2) is 49.1 Å². The van der Waals surface area contributed by atoms with Crippen molar-refractivity contribution in [2.24, 2.45) is 0 Å². The lowest BCUT2D eigenvalue weighted by Crippen LogP contribution is -2.40. The molecule has 1 heterocycles. The average molecular weight is 368 g/mol. The third kappa shape index (κ3) is 5.08. The Morgan fingerprint density at radius 3 is 2.37 bits per heavy atom. The van der Waals surface area contributed by atoms with E-state index in [1.54, 1.807) is 41.3 Å². The Bertz CT molecular complexity index is 796. The standard InChI is InChI=1S/C21H24N2O4/c1-15(2)27-19-8-6-18(7-9-19)22-20(24)16-4-3-5-17(14-16)21(25)23-10-12-26-13-11-23/h3-9,14-15H,10-13H2,1-2H3,(H,22,24). The molecule has 0 atom stereocenters. The first-order chi connectivity index (χ1) is 13.0. The van der Waals surface area contributed by atoms with E-state index in [0.29, 0.717) is 43.1 Å². The summed E-state index contributed by atoms with van der Waals surface area (Å²) in [6.45, 7) is 6.15. The first kappa shape index (κ1) is 18.9. The van der Waals surface area contributed by atoms with Gasteiger partial charge in [0, 0.05) is 29.9 Å². The maximum atomic E-state index is 12.6. The van der Waals surface area contributed by atoms with Gasteiger partial charge < -0.3 is 19.7 Å². The number of morpholine rings is 1. The predicted molar refractivity (Wildman–Crippen MR) is 103 cm³/mol. The molecule has 2 amide bonds. The highest BCUT2D eigenvalue weighted by Gasteiger charge is 2.19. The highest BCUT2D eigenvalue weighted by Crippen LogP contribution is 2.18. The van der Waals surface area contributed by atoms with Crippen molar-refractivity contribution in [3.63, 3.8) is 0 Å². The van der Waals surface area contributed by atoms with Crippen molar-refractivity contribution >= 4 is 17.5 Å². The minimum absolute atomic E-state index is 0.0804. The van der Waals surface area contributed by atoms with Crippen molar-refractivity contribution in [3.8, 4) is 5.75 Å². The van der Waals surface area contributed by atoms with Gasteiger partial charge in [0.1, 0.15) is 5.75 Å². The summed E-state index contributed by atoms with van der Waals surface area (Å²) < 4.78 is 10.9. The highest BCUT2D eigenvalue weighted by molar-refractivity contribution is 6.06. The van der Waals surface area contributed by atoms with Crippen LogP contribution in [0.1, 0.15) is 34.6 Å². The Morgan fingerprint density at radius 1 is 1.04 bits per heavy atom. The van der Waals surface area contributed by atoms with Gasteiger partial charge in [0.05, 0.1) is 19.3 Å². The lowest BCUT2D eigenvalue weighted by molar-refractivity contribution is 0.0303. The molecule has 6 nitrogen and oxygen atoms in total. The van der Waals surface area contributed by atoms with Crippen LogP contribution in [0.2, 0.25) is 0 Å². The summed E-state index contributed by atoms with van der Waals surface area (Å²) in [5.41, 5.74) is 1.61. The average Bonchev–Trinajstić information content (AvgIpc) is 2.69. The van der Waals surface area contributed by atoms with E-state index in [1.807, 2.05) is 26.0 Å². The van der Waals surface area contributed by atoms with Crippen LogP contribution in [0.3, 0.4) is 0 Å². The van der Waals surface area contributed by atoms with E-state index >= 15 is 0 Å². The highest BCUT2D eigenvalue weighted by atomic mass is 16.5. The zero-order chi connectivity index (χ0) is 19.2. The van der Waals surface area contributed by atoms with Gasteiger partial charge in [-0.05, 0) is 56.3 Å². The van der Waals surface area contributed by atoms with Crippen molar-refractivity contribution in [2.75, 3.05) is 31.6 Å². The second kappa shape index (κ2) is 8.68. The molecule has 1 N–H and O–H groups in total. The van der Waals surface area contributed by atoms with Crippen molar-refractivity contribution < 1.29 is 19.1 Å². The van der Waals surface area contributed by atoms with Gasteiger partial charge >= 0.3 is 0 Å². The summed E-state index contributed by atoms with van der Waals surface area (Å²) in [5.74, 6) is 0.411. The normalized spacial score (nSPS) is 14.1. The Balaban J connectivity index is 1.67. The number of benzene rings is 2. The molecule has 1 saturated heterocycles. The zero-order valence-electron chi connectivity index (χ0n) is 15.6. The van der Waals surface area contributed by atoms with Crippen LogP contribution < -0.4 is 10.1 Å². The van der Waals surface area contributed by atoms with E-state index in [4.69, 9.17) is 9.47 Å². The quantitative estimate of drug-likeness (QED) is 0.880. The second-order valence-corrected chi connectivity index (χ2v) is 6.63. The second-order valence-electron chi connectivity index (χ2n) is 6.63. The summed E-state index contributed by atoms with van der Waals surface area (Å²) in [6, 6.07) is 14.0. The van der Waals surface area contributed by atoms with Crippen LogP contribution in [0.15, 0.2) is 48.5 Å². The Hall–Kier alpha value is -2.86. The van der Waals surface area contributed by atoms with Crippen LogP contribution in [0, 0.1) is 0 Å². The van der Waals surface area contributed by atoms with E-state index < -0.39 is 0 Å². The van der Waals surface area contributed by atoms with Crippen LogP contribution >= 0.6 is 0 Å². The largest absolute Gasteiger partial charge is 0.491 e. The lowest BCUT2D eigenvalue weighted by Gasteiger charge is -2.27. The summed E-state index contributed by atoms with van der Waals surface area (Å²) in [7, 11) is 0. The van der Waals surface area contributed by atoms with Gasteiger partial charge in [0.15, 0.2) is 0 Å². The van der Waals surface area contributed by atoms with E-state index in [2.05, 4.69) is 5.32 Å². The van der Waals surface area contributed by atoms with E-state index in [-0.39, 0.29) is 17.9 Å². The zero-order valence-corrected chi connectivity index (χ0v) is 15.6. The molecule has 2 aromatic rings. The van der Waals surface area contributed by atoms with Crippen LogP contribution in [0.25, 0.3) is 0 Å². The number of nitrogens with zero attached hydrogens (tertiary/aromatic N) is 1. The molecule has 2 aromatic carbocycles. The molecule has 1 aliphatic heterocycles. The molecule has 0 unspecified atom stereocenters. The van der Waals surface area contributed by atoms with Gasteiger partial charge in [-0.1, -0.05) is 6.07 Å². The minimum Gasteiger partial charge on any atom is -0.491 e. The van der Waals surface area contributed by atoms with E-state index in [0.717, 1.165) is 5.75 Å². The molecular weight excluding hydrogens is 344 g/mol. The number of anilines is 1. The fraction of sp³-hybridized carbons (Fsp3) is 0.333. The summed E-state index contributed by atoms with van der Waals surface area (Å²) >= 11 is 0. The van der Waals surface area contributed by atoms with Gasteiger partial charge in [-0.15, -0.1) is 0 Å². The maximum absolute atomic E-state index is 12.6. The number of hydrogen-bond acceptors (Lipinski definition) is 4. The molecule has 0 saturated carbocycles. The molecule has 3 rings (SSSR count). The minimum atomic E-state index is -0.260. The van der Waals surface area contributed by atoms with Gasteiger partial charge in [-0.25, -0.2) is 0 Å². The van der Waals surface area contributed by atoms with Gasteiger partial charge in [-0.3, -0.25) is 9.59 Å². The summed E-state index contributed by atoms with van der Waals surface area (Å²) in [6.07, 6.45) is 0.0946. The Kier molecular flexibility index (Phi) is 6.08. The SMILES string of the molecule is CC(C)Oc1ccc(NC(=O)c2cccc(C(=O)N3CCOCC3)c2)cc1. The van der Waals surface area contributed by atoms with E-state index in [1.165, 1.54) is 0 Å².